The van der Waals surface area contributed by atoms with Gasteiger partial charge in [0.1, 0.15) is 5.60 Å². The number of halogens is 3. The van der Waals surface area contributed by atoms with Crippen molar-refractivity contribution in [2.75, 3.05) is 13.1 Å². The van der Waals surface area contributed by atoms with E-state index in [2.05, 4.69) is 0 Å². The molecule has 1 amide bonds. The number of hydrogen-bond donors (Lipinski definition) is 1. The number of aliphatic hydroxyl groups is 1. The topological polar surface area (TPSA) is 49.8 Å². The summed E-state index contributed by atoms with van der Waals surface area (Å²) in [4.78, 5) is 13.9. The Morgan fingerprint density at radius 1 is 1.10 bits per heavy atom. The van der Waals surface area contributed by atoms with Gasteiger partial charge < -0.3 is 14.7 Å². The van der Waals surface area contributed by atoms with Gasteiger partial charge in [0.2, 0.25) is 0 Å². The van der Waals surface area contributed by atoms with E-state index in [0.29, 0.717) is 37.9 Å². The first-order valence-electron chi connectivity index (χ1n) is 10.2. The van der Waals surface area contributed by atoms with Crippen molar-refractivity contribution in [3.05, 3.63) is 35.4 Å². The van der Waals surface area contributed by atoms with E-state index in [4.69, 9.17) is 4.74 Å². The lowest BCUT2D eigenvalue weighted by molar-refractivity contribution is -0.137. The average molecular weight is 415 g/mol. The minimum absolute atomic E-state index is 0.135. The van der Waals surface area contributed by atoms with Gasteiger partial charge >= 0.3 is 12.3 Å². The quantitative estimate of drug-likeness (QED) is 0.668. The van der Waals surface area contributed by atoms with Crippen molar-refractivity contribution >= 4 is 6.09 Å². The lowest BCUT2D eigenvalue weighted by Crippen LogP contribution is -2.46. The van der Waals surface area contributed by atoms with Gasteiger partial charge in [0, 0.05) is 13.1 Å². The van der Waals surface area contributed by atoms with E-state index in [9.17, 15) is 23.1 Å². The molecule has 1 atom stereocenters. The minimum atomic E-state index is -4.40. The van der Waals surface area contributed by atoms with Crippen molar-refractivity contribution in [2.24, 2.45) is 5.92 Å². The van der Waals surface area contributed by atoms with E-state index in [1.807, 2.05) is 27.7 Å². The zero-order chi connectivity index (χ0) is 21.9. The van der Waals surface area contributed by atoms with Gasteiger partial charge in [-0.2, -0.15) is 13.2 Å². The molecule has 0 aliphatic carbocycles. The number of carbonyl (C=O) groups is 1. The summed E-state index contributed by atoms with van der Waals surface area (Å²) in [5.41, 5.74) is -2.00. The molecule has 1 aromatic rings. The fourth-order valence-corrected chi connectivity index (χ4v) is 3.84. The molecular formula is C22H32F3NO3. The van der Waals surface area contributed by atoms with Crippen LogP contribution in [0.3, 0.4) is 0 Å². The third kappa shape index (κ3) is 6.11. The Morgan fingerprint density at radius 2 is 1.62 bits per heavy atom. The number of piperidine rings is 1. The van der Waals surface area contributed by atoms with Crippen LogP contribution >= 0.6 is 0 Å². The number of alkyl halides is 3. The van der Waals surface area contributed by atoms with Crippen molar-refractivity contribution in [2.45, 2.75) is 77.2 Å². The summed E-state index contributed by atoms with van der Waals surface area (Å²) in [5, 5.41) is 11.5. The first-order chi connectivity index (χ1) is 13.4. The molecule has 0 saturated carbocycles. The minimum Gasteiger partial charge on any atom is -0.444 e. The average Bonchev–Trinajstić information content (AvgIpc) is 2.64. The third-order valence-electron chi connectivity index (χ3n) is 5.45. The summed E-state index contributed by atoms with van der Waals surface area (Å²) in [6.45, 7) is 8.35. The van der Waals surface area contributed by atoms with E-state index in [1.165, 1.54) is 12.1 Å². The molecule has 4 nitrogen and oxygen atoms in total. The molecule has 1 aliphatic heterocycles. The molecule has 1 fully saturated rings. The molecule has 29 heavy (non-hydrogen) atoms. The Kier molecular flexibility index (Phi) is 7.25. The normalized spacial score (nSPS) is 18.4. The highest BCUT2D eigenvalue weighted by Gasteiger charge is 2.41. The fourth-order valence-electron chi connectivity index (χ4n) is 3.84. The Balaban J connectivity index is 2.15. The molecule has 1 unspecified atom stereocenters. The van der Waals surface area contributed by atoms with Gasteiger partial charge in [-0.25, -0.2) is 4.79 Å². The van der Waals surface area contributed by atoms with Gasteiger partial charge in [-0.1, -0.05) is 31.9 Å². The number of benzene rings is 1. The summed E-state index contributed by atoms with van der Waals surface area (Å²) >= 11 is 0. The summed E-state index contributed by atoms with van der Waals surface area (Å²) in [7, 11) is 0. The number of hydrogen-bond acceptors (Lipinski definition) is 3. The van der Waals surface area contributed by atoms with E-state index in [-0.39, 0.29) is 12.0 Å². The second-order valence-corrected chi connectivity index (χ2v) is 8.84. The van der Waals surface area contributed by atoms with E-state index >= 15 is 0 Å². The summed E-state index contributed by atoms with van der Waals surface area (Å²) in [6, 6.07) is 4.83. The predicted octanol–water partition coefficient (Wildman–Crippen LogP) is 5.73. The second kappa shape index (κ2) is 8.94. The van der Waals surface area contributed by atoms with E-state index in [1.54, 1.807) is 4.90 Å². The molecule has 7 heteroatoms. The van der Waals surface area contributed by atoms with Crippen LogP contribution < -0.4 is 0 Å². The number of ether oxygens (including phenoxy) is 1. The van der Waals surface area contributed by atoms with Gasteiger partial charge in [0.25, 0.3) is 0 Å². The Bertz CT molecular complexity index is 674. The highest BCUT2D eigenvalue weighted by atomic mass is 19.4. The molecular weight excluding hydrogens is 383 g/mol. The molecule has 2 rings (SSSR count). The maximum Gasteiger partial charge on any atom is 0.416 e. The SMILES string of the molecule is CCCCC(O)(c1ccc(C(F)(F)F)cc1)C1CCN(C(=O)OC(C)(C)C)CC1. The number of nitrogens with zero attached hydrogens (tertiary/aromatic N) is 1. The van der Waals surface area contributed by atoms with Crippen LogP contribution in [0.15, 0.2) is 24.3 Å². The first-order valence-corrected chi connectivity index (χ1v) is 10.2. The fraction of sp³-hybridized carbons (Fsp3) is 0.682. The smallest absolute Gasteiger partial charge is 0.416 e. The zero-order valence-electron chi connectivity index (χ0n) is 17.7. The molecule has 1 aromatic carbocycles. The first kappa shape index (κ1) is 23.5. The molecule has 1 aliphatic rings. The van der Waals surface area contributed by atoms with Crippen molar-refractivity contribution in [1.29, 1.82) is 0 Å². The van der Waals surface area contributed by atoms with Gasteiger partial charge in [0.15, 0.2) is 0 Å². The largest absolute Gasteiger partial charge is 0.444 e. The number of rotatable bonds is 5. The van der Waals surface area contributed by atoms with Gasteiger partial charge in [-0.05, 0) is 63.6 Å². The van der Waals surface area contributed by atoms with Crippen molar-refractivity contribution in [3.8, 4) is 0 Å². The number of unbranched alkanes of at least 4 members (excludes halogenated alkanes) is 1. The molecule has 0 bridgehead atoms. The lowest BCUT2D eigenvalue weighted by Gasteiger charge is -2.42. The van der Waals surface area contributed by atoms with Crippen LogP contribution in [-0.2, 0) is 16.5 Å². The number of amides is 1. The monoisotopic (exact) mass is 415 g/mol. The second-order valence-electron chi connectivity index (χ2n) is 8.84. The maximum absolute atomic E-state index is 12.9. The molecule has 0 spiro atoms. The Hall–Kier alpha value is -1.76. The number of likely N-dealkylation sites (tertiary alicyclic amines) is 1. The molecule has 0 aromatic heterocycles. The number of carbonyl (C=O) groups excluding carboxylic acids is 1. The highest BCUT2D eigenvalue weighted by Crippen LogP contribution is 2.41. The van der Waals surface area contributed by atoms with Gasteiger partial charge in [-0.15, -0.1) is 0 Å². The van der Waals surface area contributed by atoms with Crippen LogP contribution in [0.5, 0.6) is 0 Å². The molecule has 1 heterocycles. The lowest BCUT2D eigenvalue weighted by atomic mass is 9.73. The van der Waals surface area contributed by atoms with Crippen molar-refractivity contribution in [3.63, 3.8) is 0 Å². The van der Waals surface area contributed by atoms with Crippen LogP contribution in [0, 0.1) is 5.92 Å². The Labute approximate surface area is 171 Å². The van der Waals surface area contributed by atoms with E-state index < -0.39 is 22.9 Å². The van der Waals surface area contributed by atoms with Crippen molar-refractivity contribution in [1.82, 2.24) is 4.90 Å². The third-order valence-corrected chi connectivity index (χ3v) is 5.45. The summed E-state index contributed by atoms with van der Waals surface area (Å²) in [6.07, 6.45) is -1.52. The maximum atomic E-state index is 12.9. The van der Waals surface area contributed by atoms with Gasteiger partial charge in [-0.3, -0.25) is 0 Å². The van der Waals surface area contributed by atoms with Gasteiger partial charge in [0.05, 0.1) is 11.2 Å². The zero-order valence-corrected chi connectivity index (χ0v) is 17.7. The predicted molar refractivity (Wildman–Crippen MR) is 105 cm³/mol. The standard InChI is InChI=1S/C22H32F3NO3/c1-5-6-13-21(28,16-7-9-18(10-8-16)22(23,24)25)17-11-14-26(15-12-17)19(27)29-20(2,3)4/h7-10,17,28H,5-6,11-15H2,1-4H3. The van der Waals surface area contributed by atoms with Crippen LogP contribution in [0.25, 0.3) is 0 Å². The molecule has 0 radical (unpaired) electrons. The molecule has 164 valence electrons. The van der Waals surface area contributed by atoms with Crippen LogP contribution in [0.4, 0.5) is 18.0 Å². The van der Waals surface area contributed by atoms with Crippen LogP contribution in [0.1, 0.15) is 70.9 Å². The Morgan fingerprint density at radius 3 is 2.07 bits per heavy atom. The van der Waals surface area contributed by atoms with Crippen LogP contribution in [0.2, 0.25) is 0 Å². The van der Waals surface area contributed by atoms with E-state index in [0.717, 1.165) is 25.0 Å². The highest BCUT2D eigenvalue weighted by molar-refractivity contribution is 5.68. The molecule has 1 saturated heterocycles. The molecule has 1 N–H and O–H groups in total. The summed E-state index contributed by atoms with van der Waals surface area (Å²) < 4.78 is 44.1. The van der Waals surface area contributed by atoms with Crippen molar-refractivity contribution < 1.29 is 27.8 Å². The summed E-state index contributed by atoms with van der Waals surface area (Å²) in [5.74, 6) is -0.135. The van der Waals surface area contributed by atoms with Crippen LogP contribution in [-0.4, -0.2) is 34.8 Å².